The molecule has 0 bridgehead atoms. The number of carbonyl (C=O) groups is 2. The number of benzene rings is 3. The van der Waals surface area contributed by atoms with E-state index >= 15 is 0 Å². The van der Waals surface area contributed by atoms with Gasteiger partial charge in [-0.05, 0) is 67.3 Å². The van der Waals surface area contributed by atoms with Crippen molar-refractivity contribution in [3.05, 3.63) is 81.8 Å². The molecule has 2 fully saturated rings. The van der Waals surface area contributed by atoms with Crippen LogP contribution in [0.2, 0.25) is 10.0 Å². The van der Waals surface area contributed by atoms with Gasteiger partial charge in [-0.25, -0.2) is 0 Å². The largest absolute Gasteiger partial charge is 0.495 e. The predicted molar refractivity (Wildman–Crippen MR) is 163 cm³/mol. The summed E-state index contributed by atoms with van der Waals surface area (Å²) in [6.07, 6.45) is 1.98. The molecule has 7 nitrogen and oxygen atoms in total. The maximum atomic E-state index is 13.9. The number of piperazine rings is 1. The second-order valence-electron chi connectivity index (χ2n) is 10.4. The Morgan fingerprint density at radius 2 is 1.50 bits per heavy atom. The number of likely N-dealkylation sites (tertiary alicyclic amines) is 1. The predicted octanol–water partition coefficient (Wildman–Crippen LogP) is 6.45. The first-order valence-electron chi connectivity index (χ1n) is 13.7. The van der Waals surface area contributed by atoms with Gasteiger partial charge in [0.1, 0.15) is 5.75 Å². The highest BCUT2D eigenvalue weighted by molar-refractivity contribution is 6.42. The number of anilines is 3. The SMILES string of the molecule is COc1ccccc1N1CCN(c2ccc(NC(=O)c3ccc(Cl)c(Cl)c3)cc2C(=O)N2CCC(C)CC2)CC1. The molecule has 0 spiro atoms. The van der Waals surface area contributed by atoms with Gasteiger partial charge in [0.05, 0.1) is 28.4 Å². The number of piperidine rings is 1. The van der Waals surface area contributed by atoms with Crippen molar-refractivity contribution >= 4 is 52.1 Å². The summed E-state index contributed by atoms with van der Waals surface area (Å²) in [7, 11) is 1.69. The third-order valence-corrected chi connectivity index (χ3v) is 8.52. The van der Waals surface area contributed by atoms with Crippen LogP contribution in [0.15, 0.2) is 60.7 Å². The van der Waals surface area contributed by atoms with Crippen molar-refractivity contribution in [3.63, 3.8) is 0 Å². The fourth-order valence-electron chi connectivity index (χ4n) is 5.36. The summed E-state index contributed by atoms with van der Waals surface area (Å²) in [5.74, 6) is 1.15. The average Bonchev–Trinajstić information content (AvgIpc) is 2.98. The number of nitrogens with one attached hydrogen (secondary N) is 1. The molecule has 1 N–H and O–H groups in total. The Kier molecular flexibility index (Phi) is 8.72. The number of halogens is 2. The van der Waals surface area contributed by atoms with Crippen LogP contribution >= 0.6 is 23.2 Å². The fraction of sp³-hybridized carbons (Fsp3) is 0.355. The summed E-state index contributed by atoms with van der Waals surface area (Å²) in [6, 6.07) is 18.4. The Morgan fingerprint density at radius 1 is 0.825 bits per heavy atom. The number of nitrogens with zero attached hydrogens (tertiary/aromatic N) is 3. The highest BCUT2D eigenvalue weighted by atomic mass is 35.5. The van der Waals surface area contributed by atoms with Gasteiger partial charge >= 0.3 is 0 Å². The van der Waals surface area contributed by atoms with Crippen molar-refractivity contribution in [2.45, 2.75) is 19.8 Å². The van der Waals surface area contributed by atoms with Gasteiger partial charge in [-0.3, -0.25) is 9.59 Å². The van der Waals surface area contributed by atoms with Gasteiger partial charge in [-0.15, -0.1) is 0 Å². The maximum Gasteiger partial charge on any atom is 0.256 e. The highest BCUT2D eigenvalue weighted by Gasteiger charge is 2.28. The summed E-state index contributed by atoms with van der Waals surface area (Å²) in [6.45, 7) is 6.81. The van der Waals surface area contributed by atoms with Crippen LogP contribution < -0.4 is 19.9 Å². The Labute approximate surface area is 245 Å². The molecule has 2 heterocycles. The zero-order chi connectivity index (χ0) is 28.2. The second kappa shape index (κ2) is 12.4. The van der Waals surface area contributed by atoms with E-state index in [0.29, 0.717) is 32.8 Å². The zero-order valence-corrected chi connectivity index (χ0v) is 24.3. The van der Waals surface area contributed by atoms with Gasteiger partial charge in [-0.2, -0.15) is 0 Å². The van der Waals surface area contributed by atoms with Crippen molar-refractivity contribution in [1.82, 2.24) is 4.90 Å². The van der Waals surface area contributed by atoms with E-state index in [9.17, 15) is 9.59 Å². The Morgan fingerprint density at radius 3 is 2.17 bits per heavy atom. The van der Waals surface area contributed by atoms with Crippen molar-refractivity contribution in [2.75, 3.05) is 61.5 Å². The van der Waals surface area contributed by atoms with Crippen LogP contribution in [0.3, 0.4) is 0 Å². The van der Waals surface area contributed by atoms with E-state index in [2.05, 4.69) is 28.1 Å². The summed E-state index contributed by atoms with van der Waals surface area (Å²) in [5, 5.41) is 3.63. The molecule has 9 heteroatoms. The van der Waals surface area contributed by atoms with Crippen molar-refractivity contribution < 1.29 is 14.3 Å². The van der Waals surface area contributed by atoms with Gasteiger partial charge in [-0.1, -0.05) is 42.3 Å². The summed E-state index contributed by atoms with van der Waals surface area (Å²) >= 11 is 12.1. The standard InChI is InChI=1S/C31H34Cl2N4O3/c1-21-11-13-37(14-12-21)31(39)24-20-23(34-30(38)22-7-9-25(32)26(33)19-22)8-10-27(24)35-15-17-36(18-16-35)28-5-3-4-6-29(28)40-2/h3-10,19-21H,11-18H2,1-2H3,(H,34,38). The molecule has 0 radical (unpaired) electrons. The molecule has 210 valence electrons. The van der Waals surface area contributed by atoms with E-state index in [0.717, 1.165) is 69.2 Å². The fourth-order valence-corrected chi connectivity index (χ4v) is 5.66. The average molecular weight is 582 g/mol. The van der Waals surface area contributed by atoms with E-state index in [4.69, 9.17) is 27.9 Å². The first-order valence-corrected chi connectivity index (χ1v) is 14.4. The second-order valence-corrected chi connectivity index (χ2v) is 11.3. The lowest BCUT2D eigenvalue weighted by atomic mass is 9.98. The number of hydrogen-bond donors (Lipinski definition) is 1. The van der Waals surface area contributed by atoms with Crippen LogP contribution in [-0.2, 0) is 0 Å². The Hall–Kier alpha value is -3.42. The molecule has 3 aromatic rings. The lowest BCUT2D eigenvalue weighted by Crippen LogP contribution is -2.47. The monoisotopic (exact) mass is 580 g/mol. The molecular formula is C31H34Cl2N4O3. The number of ether oxygens (including phenoxy) is 1. The smallest absolute Gasteiger partial charge is 0.256 e. The molecule has 3 aromatic carbocycles. The van der Waals surface area contributed by atoms with Gasteiger partial charge in [0.2, 0.25) is 0 Å². The molecule has 0 aliphatic carbocycles. The van der Waals surface area contributed by atoms with E-state index < -0.39 is 0 Å². The van der Waals surface area contributed by atoms with Crippen LogP contribution in [0.4, 0.5) is 17.1 Å². The molecule has 0 atom stereocenters. The van der Waals surface area contributed by atoms with Crippen molar-refractivity contribution in [2.24, 2.45) is 5.92 Å². The number of rotatable bonds is 6. The number of methoxy groups -OCH3 is 1. The lowest BCUT2D eigenvalue weighted by molar-refractivity contribution is 0.0697. The first kappa shape index (κ1) is 28.1. The van der Waals surface area contributed by atoms with Gasteiger partial charge in [0.25, 0.3) is 11.8 Å². The number of amides is 2. The third-order valence-electron chi connectivity index (χ3n) is 7.78. The molecular weight excluding hydrogens is 547 g/mol. The topological polar surface area (TPSA) is 65.1 Å². The van der Waals surface area contributed by atoms with Crippen molar-refractivity contribution in [3.8, 4) is 5.75 Å². The van der Waals surface area contributed by atoms with Crippen LogP contribution in [0.1, 0.15) is 40.5 Å². The van der Waals surface area contributed by atoms with E-state index in [1.165, 1.54) is 6.07 Å². The minimum absolute atomic E-state index is 0.000283. The third kappa shape index (κ3) is 6.16. The van der Waals surface area contributed by atoms with E-state index in [1.807, 2.05) is 35.2 Å². The summed E-state index contributed by atoms with van der Waals surface area (Å²) in [5.41, 5.74) is 3.51. The normalized spacial score (nSPS) is 16.1. The van der Waals surface area contributed by atoms with Gasteiger partial charge in [0, 0.05) is 56.2 Å². The zero-order valence-electron chi connectivity index (χ0n) is 22.8. The molecule has 5 rings (SSSR count). The molecule has 2 amide bonds. The first-order chi connectivity index (χ1) is 19.3. The maximum absolute atomic E-state index is 13.9. The Bertz CT molecular complexity index is 1380. The Balaban J connectivity index is 1.39. The van der Waals surface area contributed by atoms with Crippen LogP contribution in [0.25, 0.3) is 0 Å². The lowest BCUT2D eigenvalue weighted by Gasteiger charge is -2.39. The van der Waals surface area contributed by atoms with E-state index in [1.54, 1.807) is 25.3 Å². The van der Waals surface area contributed by atoms with Crippen LogP contribution in [0, 0.1) is 5.92 Å². The van der Waals surface area contributed by atoms with Crippen LogP contribution in [-0.4, -0.2) is 63.1 Å². The van der Waals surface area contributed by atoms with Gasteiger partial charge < -0.3 is 24.8 Å². The minimum atomic E-state index is -0.318. The number of para-hydroxylation sites is 2. The van der Waals surface area contributed by atoms with E-state index in [-0.39, 0.29) is 11.8 Å². The minimum Gasteiger partial charge on any atom is -0.495 e. The summed E-state index contributed by atoms with van der Waals surface area (Å²) in [4.78, 5) is 33.3. The van der Waals surface area contributed by atoms with Gasteiger partial charge in [0.15, 0.2) is 0 Å². The quantitative estimate of drug-likeness (QED) is 0.363. The molecule has 2 aliphatic heterocycles. The highest BCUT2D eigenvalue weighted by Crippen LogP contribution is 2.32. The molecule has 0 aromatic heterocycles. The molecule has 2 saturated heterocycles. The molecule has 0 unspecified atom stereocenters. The number of carbonyl (C=O) groups excluding carboxylic acids is 2. The number of hydrogen-bond acceptors (Lipinski definition) is 5. The van der Waals surface area contributed by atoms with Crippen LogP contribution in [0.5, 0.6) is 5.75 Å². The molecule has 0 saturated carbocycles. The summed E-state index contributed by atoms with van der Waals surface area (Å²) < 4.78 is 5.57. The molecule has 2 aliphatic rings. The van der Waals surface area contributed by atoms with Crippen molar-refractivity contribution in [1.29, 1.82) is 0 Å². The molecule has 40 heavy (non-hydrogen) atoms.